The van der Waals surface area contributed by atoms with Crippen LogP contribution in [0.4, 0.5) is 4.39 Å². The summed E-state index contributed by atoms with van der Waals surface area (Å²) < 4.78 is 13.0. The molecule has 0 aromatic heterocycles. The normalized spacial score (nSPS) is 16.7. The summed E-state index contributed by atoms with van der Waals surface area (Å²) in [6.07, 6.45) is 1.61. The molecule has 2 aliphatic heterocycles. The Morgan fingerprint density at radius 1 is 1.03 bits per heavy atom. The number of rotatable bonds is 4. The maximum atomic E-state index is 13.0. The number of benzene rings is 1. The molecular weight excluding hydrogens is 427 g/mol. The van der Waals surface area contributed by atoms with Crippen molar-refractivity contribution in [1.82, 2.24) is 9.80 Å². The fraction of sp³-hybridized carbons (Fsp3) is 0.429. The van der Waals surface area contributed by atoms with Crippen LogP contribution in [-0.2, 0) is 14.4 Å². The predicted molar refractivity (Wildman–Crippen MR) is 112 cm³/mol. The van der Waals surface area contributed by atoms with Gasteiger partial charge in [-0.1, -0.05) is 11.8 Å². The standard InChI is InChI=1S/C19H21FN2O2S.C2H2O4/c20-17-5-3-15(4-6-17)19(24)16-7-11-21(12-8-16)9-1-2-10-22-14-25-13-18(22)23;3-1(4)2(5)6/h3-6,16H,7-14H2;(H,3,4)(H,5,6). The van der Waals surface area contributed by atoms with Gasteiger partial charge >= 0.3 is 11.9 Å². The summed E-state index contributed by atoms with van der Waals surface area (Å²) in [6, 6.07) is 5.80. The number of halogens is 1. The average Bonchev–Trinajstić information content (AvgIpc) is 3.17. The van der Waals surface area contributed by atoms with Gasteiger partial charge in [0.15, 0.2) is 5.78 Å². The molecule has 2 saturated heterocycles. The van der Waals surface area contributed by atoms with E-state index in [4.69, 9.17) is 19.8 Å². The molecule has 1 aromatic carbocycles. The summed E-state index contributed by atoms with van der Waals surface area (Å²) in [6.45, 7) is 2.85. The highest BCUT2D eigenvalue weighted by atomic mass is 32.2. The van der Waals surface area contributed by atoms with Gasteiger partial charge in [-0.3, -0.25) is 14.5 Å². The molecule has 2 N–H and O–H groups in total. The lowest BCUT2D eigenvalue weighted by atomic mass is 9.89. The Bertz CT molecular complexity index is 860. The van der Waals surface area contributed by atoms with E-state index in [0.717, 1.165) is 31.8 Å². The van der Waals surface area contributed by atoms with Crippen molar-refractivity contribution in [3.63, 3.8) is 0 Å². The molecule has 2 aliphatic rings. The van der Waals surface area contributed by atoms with E-state index in [0.29, 0.717) is 24.4 Å². The molecule has 0 aliphatic carbocycles. The number of nitrogens with zero attached hydrogens (tertiary/aromatic N) is 2. The van der Waals surface area contributed by atoms with Gasteiger partial charge < -0.3 is 15.1 Å². The van der Waals surface area contributed by atoms with Crippen molar-refractivity contribution in [1.29, 1.82) is 0 Å². The third-order valence-electron chi connectivity index (χ3n) is 4.79. The summed E-state index contributed by atoms with van der Waals surface area (Å²) in [5.74, 6) is 3.82. The number of carbonyl (C=O) groups is 4. The monoisotopic (exact) mass is 450 g/mol. The average molecular weight is 450 g/mol. The Kier molecular flexibility index (Phi) is 9.49. The van der Waals surface area contributed by atoms with E-state index >= 15 is 0 Å². The van der Waals surface area contributed by atoms with Crippen LogP contribution in [0.25, 0.3) is 0 Å². The fourth-order valence-corrected chi connectivity index (χ4v) is 3.97. The highest BCUT2D eigenvalue weighted by molar-refractivity contribution is 8.00. The molecule has 0 unspecified atom stereocenters. The molecule has 0 atom stereocenters. The number of piperidine rings is 1. The number of aliphatic carboxylic acids is 2. The van der Waals surface area contributed by atoms with Crippen molar-refractivity contribution in [2.75, 3.05) is 37.8 Å². The summed E-state index contributed by atoms with van der Waals surface area (Å²) in [5, 5.41) is 14.8. The van der Waals surface area contributed by atoms with Crippen LogP contribution in [0.2, 0.25) is 0 Å². The van der Waals surface area contributed by atoms with E-state index < -0.39 is 11.9 Å². The van der Waals surface area contributed by atoms with Crippen LogP contribution in [-0.4, -0.2) is 81.5 Å². The lowest BCUT2D eigenvalue weighted by Gasteiger charge is -2.29. The summed E-state index contributed by atoms with van der Waals surface area (Å²) in [7, 11) is 0. The molecule has 1 amide bonds. The molecule has 3 rings (SSSR count). The highest BCUT2D eigenvalue weighted by Gasteiger charge is 2.25. The number of amides is 1. The number of likely N-dealkylation sites (tertiary alicyclic amines) is 1. The first-order valence-corrected chi connectivity index (χ1v) is 10.7. The largest absolute Gasteiger partial charge is 0.473 e. The zero-order valence-electron chi connectivity index (χ0n) is 16.8. The van der Waals surface area contributed by atoms with Crippen LogP contribution >= 0.6 is 11.8 Å². The maximum absolute atomic E-state index is 13.0. The van der Waals surface area contributed by atoms with Gasteiger partial charge in [0, 0.05) is 11.5 Å². The summed E-state index contributed by atoms with van der Waals surface area (Å²) in [5.41, 5.74) is 0.591. The number of carboxylic acid groups (broad SMARTS) is 2. The Morgan fingerprint density at radius 3 is 2.13 bits per heavy atom. The summed E-state index contributed by atoms with van der Waals surface area (Å²) in [4.78, 5) is 46.1. The number of thioether (sulfide) groups is 1. The van der Waals surface area contributed by atoms with Gasteiger partial charge in [0.05, 0.1) is 24.7 Å². The van der Waals surface area contributed by atoms with Crippen LogP contribution < -0.4 is 0 Å². The molecule has 2 heterocycles. The van der Waals surface area contributed by atoms with Gasteiger partial charge in [0.25, 0.3) is 0 Å². The minimum atomic E-state index is -1.82. The van der Waals surface area contributed by atoms with Crippen LogP contribution in [0.1, 0.15) is 23.2 Å². The minimum absolute atomic E-state index is 0.00826. The van der Waals surface area contributed by atoms with Crippen LogP contribution in [0, 0.1) is 23.6 Å². The van der Waals surface area contributed by atoms with Gasteiger partial charge in [0.1, 0.15) is 5.82 Å². The van der Waals surface area contributed by atoms with E-state index in [9.17, 15) is 14.0 Å². The highest BCUT2D eigenvalue weighted by Crippen LogP contribution is 2.21. The molecule has 31 heavy (non-hydrogen) atoms. The van der Waals surface area contributed by atoms with Crippen molar-refractivity contribution in [3.05, 3.63) is 35.6 Å². The Morgan fingerprint density at radius 2 is 1.61 bits per heavy atom. The van der Waals surface area contributed by atoms with Crippen molar-refractivity contribution in [3.8, 4) is 11.8 Å². The second-order valence-corrected chi connectivity index (χ2v) is 7.91. The van der Waals surface area contributed by atoms with Crippen molar-refractivity contribution < 1.29 is 33.8 Å². The lowest BCUT2D eigenvalue weighted by Crippen LogP contribution is -2.36. The first-order valence-electron chi connectivity index (χ1n) is 9.57. The maximum Gasteiger partial charge on any atom is 0.414 e. The molecule has 8 nitrogen and oxygen atoms in total. The number of hydrogen-bond acceptors (Lipinski definition) is 6. The van der Waals surface area contributed by atoms with E-state index in [1.54, 1.807) is 28.8 Å². The zero-order chi connectivity index (χ0) is 22.8. The van der Waals surface area contributed by atoms with E-state index in [1.165, 1.54) is 12.1 Å². The molecule has 166 valence electrons. The SMILES string of the molecule is O=C(O)C(=O)O.O=C(c1ccc(F)cc1)C1CCN(CC#CCN2CSCC2=O)CC1. The Labute approximate surface area is 183 Å². The predicted octanol–water partition coefficient (Wildman–Crippen LogP) is 1.41. The molecule has 0 spiro atoms. The van der Waals surface area contributed by atoms with E-state index in [1.807, 2.05) is 0 Å². The van der Waals surface area contributed by atoms with Crippen molar-refractivity contribution in [2.24, 2.45) is 5.92 Å². The van der Waals surface area contributed by atoms with Crippen LogP contribution in [0.3, 0.4) is 0 Å². The second-order valence-electron chi connectivity index (χ2n) is 6.95. The molecule has 10 heteroatoms. The molecule has 1 aromatic rings. The number of hydrogen-bond donors (Lipinski definition) is 2. The molecular formula is C21H23FN2O6S. The Hall–Kier alpha value is -2.90. The van der Waals surface area contributed by atoms with Gasteiger partial charge in [-0.2, -0.15) is 0 Å². The van der Waals surface area contributed by atoms with Gasteiger partial charge in [-0.25, -0.2) is 14.0 Å². The van der Waals surface area contributed by atoms with Gasteiger partial charge in [-0.05, 0) is 50.2 Å². The molecule has 0 bridgehead atoms. The Balaban J connectivity index is 0.000000501. The number of carboxylic acids is 2. The third kappa shape index (κ3) is 8.03. The summed E-state index contributed by atoms with van der Waals surface area (Å²) >= 11 is 1.62. The van der Waals surface area contributed by atoms with Gasteiger partial charge in [0.2, 0.25) is 5.91 Å². The van der Waals surface area contributed by atoms with E-state index in [-0.39, 0.29) is 23.4 Å². The topological polar surface area (TPSA) is 115 Å². The zero-order valence-corrected chi connectivity index (χ0v) is 17.6. The minimum Gasteiger partial charge on any atom is -0.473 e. The fourth-order valence-electron chi connectivity index (χ4n) is 3.06. The van der Waals surface area contributed by atoms with Crippen molar-refractivity contribution >= 4 is 35.4 Å². The van der Waals surface area contributed by atoms with Gasteiger partial charge in [-0.15, -0.1) is 11.8 Å². The van der Waals surface area contributed by atoms with Crippen LogP contribution in [0.5, 0.6) is 0 Å². The smallest absolute Gasteiger partial charge is 0.414 e. The molecule has 0 saturated carbocycles. The first-order chi connectivity index (χ1) is 14.8. The lowest BCUT2D eigenvalue weighted by molar-refractivity contribution is -0.159. The van der Waals surface area contributed by atoms with Crippen molar-refractivity contribution in [2.45, 2.75) is 12.8 Å². The second kappa shape index (κ2) is 12.1. The molecule has 0 radical (unpaired) electrons. The first kappa shape index (κ1) is 24.4. The van der Waals surface area contributed by atoms with E-state index in [2.05, 4.69) is 16.7 Å². The number of Topliss-reactive ketones (excluding diaryl/α,β-unsaturated/α-hetero) is 1. The number of carbonyl (C=O) groups excluding carboxylic acids is 2. The third-order valence-corrected chi connectivity index (χ3v) is 5.74. The quantitative estimate of drug-likeness (QED) is 0.402. The molecule has 2 fully saturated rings. The van der Waals surface area contributed by atoms with Crippen LogP contribution in [0.15, 0.2) is 24.3 Å². The number of ketones is 1.